The van der Waals surface area contributed by atoms with E-state index >= 15 is 0 Å². The number of amides is 2. The summed E-state index contributed by atoms with van der Waals surface area (Å²) in [6, 6.07) is 4.51. The summed E-state index contributed by atoms with van der Waals surface area (Å²) in [4.78, 5) is 24.2. The average Bonchev–Trinajstić information content (AvgIpc) is 3.10. The van der Waals surface area contributed by atoms with Crippen molar-refractivity contribution >= 4 is 17.5 Å². The first-order valence-corrected chi connectivity index (χ1v) is 9.45. The fourth-order valence-corrected chi connectivity index (χ4v) is 3.68. The summed E-state index contributed by atoms with van der Waals surface area (Å²) in [7, 11) is 0.999. The Morgan fingerprint density at radius 2 is 1.79 bits per heavy atom. The predicted octanol–water partition coefficient (Wildman–Crippen LogP) is 4.04. The Hall–Kier alpha value is -3.28. The molecule has 2 aromatic rings. The maximum atomic E-state index is 14.2. The third-order valence-corrected chi connectivity index (χ3v) is 5.40. The Morgan fingerprint density at radius 1 is 1.15 bits per heavy atom. The van der Waals surface area contributed by atoms with Gasteiger partial charge in [-0.2, -0.15) is 17.6 Å². The number of halogens is 6. The highest BCUT2D eigenvalue weighted by Crippen LogP contribution is 2.51. The van der Waals surface area contributed by atoms with Gasteiger partial charge >= 0.3 is 6.18 Å². The van der Waals surface area contributed by atoms with Crippen molar-refractivity contribution in [1.29, 1.82) is 0 Å². The van der Waals surface area contributed by atoms with E-state index in [9.17, 15) is 35.9 Å². The number of hydrogen-bond donors (Lipinski definition) is 2. The van der Waals surface area contributed by atoms with E-state index in [0.29, 0.717) is 6.07 Å². The molecule has 3 rings (SSSR count). The van der Waals surface area contributed by atoms with E-state index in [1.807, 2.05) is 0 Å². The first-order valence-electron chi connectivity index (χ1n) is 9.45. The fraction of sp³-hybridized carbons (Fsp3) is 0.333. The van der Waals surface area contributed by atoms with Crippen molar-refractivity contribution in [3.63, 3.8) is 0 Å². The van der Waals surface area contributed by atoms with Crippen LogP contribution in [0.2, 0.25) is 0 Å². The zero-order valence-electron chi connectivity index (χ0n) is 17.2. The number of primary amides is 1. The molecule has 2 amide bonds. The molecule has 0 aromatic heterocycles. The van der Waals surface area contributed by atoms with E-state index in [-0.39, 0.29) is 11.3 Å². The molecular weight excluding hydrogens is 458 g/mol. The summed E-state index contributed by atoms with van der Waals surface area (Å²) in [6.07, 6.45) is -7.52. The van der Waals surface area contributed by atoms with Gasteiger partial charge in [0.15, 0.2) is 17.2 Å². The van der Waals surface area contributed by atoms with E-state index in [1.165, 1.54) is 0 Å². The Kier molecular flexibility index (Phi) is 6.33. The van der Waals surface area contributed by atoms with Crippen molar-refractivity contribution in [3.8, 4) is 5.75 Å². The molecular formula is C21H18F6N2O4. The van der Waals surface area contributed by atoms with Crippen LogP contribution in [-0.2, 0) is 9.53 Å². The summed E-state index contributed by atoms with van der Waals surface area (Å²) in [5, 5.41) is 2.24. The lowest BCUT2D eigenvalue weighted by Gasteiger charge is -2.27. The van der Waals surface area contributed by atoms with Gasteiger partial charge in [-0.05, 0) is 37.6 Å². The van der Waals surface area contributed by atoms with Gasteiger partial charge in [0.25, 0.3) is 11.8 Å². The quantitative estimate of drug-likeness (QED) is 0.638. The van der Waals surface area contributed by atoms with Crippen LogP contribution in [0.5, 0.6) is 5.75 Å². The summed E-state index contributed by atoms with van der Waals surface area (Å²) < 4.78 is 92.6. The number of hydrogen-bond acceptors (Lipinski definition) is 4. The predicted molar refractivity (Wildman–Crippen MR) is 103 cm³/mol. The summed E-state index contributed by atoms with van der Waals surface area (Å²) in [5.74, 6) is -7.97. The average molecular weight is 476 g/mol. The number of carbonyl (C=O) groups is 2. The van der Waals surface area contributed by atoms with Crippen LogP contribution in [-0.4, -0.2) is 36.8 Å². The Labute approximate surface area is 183 Å². The maximum absolute atomic E-state index is 14.2. The van der Waals surface area contributed by atoms with Gasteiger partial charge < -0.3 is 20.5 Å². The smallest absolute Gasteiger partial charge is 0.417 e. The van der Waals surface area contributed by atoms with Crippen LogP contribution in [0.1, 0.15) is 35.2 Å². The minimum Gasteiger partial charge on any atom is -0.493 e. The minimum atomic E-state index is -4.90. The first-order chi connectivity index (χ1) is 15.3. The standard InChI is InChI=1S/C21H18F6N2O4/c1-20(21(25,26)27)8-12(10-4-6-14(23)15(24)16(10)32-2)17(33-20)19(31)29-9-3-5-13(22)11(7-9)18(28)30/h3-7,12,17H,8H2,1-2H3,(H2,28,30)(H,29,31)/t12-,17+,20+/m0/s1. The van der Waals surface area contributed by atoms with Gasteiger partial charge in [-0.15, -0.1) is 0 Å². The monoisotopic (exact) mass is 476 g/mol. The molecule has 0 spiro atoms. The highest BCUT2D eigenvalue weighted by Gasteiger charge is 2.61. The molecule has 0 aliphatic carbocycles. The normalized spacial score (nSPS) is 22.8. The highest BCUT2D eigenvalue weighted by molar-refractivity contribution is 5.98. The highest BCUT2D eigenvalue weighted by atomic mass is 19.4. The van der Waals surface area contributed by atoms with E-state index < -0.39 is 70.8 Å². The van der Waals surface area contributed by atoms with Crippen LogP contribution in [0.15, 0.2) is 30.3 Å². The third kappa shape index (κ3) is 4.47. The van der Waals surface area contributed by atoms with Crippen molar-refractivity contribution in [2.24, 2.45) is 5.73 Å². The molecule has 33 heavy (non-hydrogen) atoms. The van der Waals surface area contributed by atoms with Crippen LogP contribution in [0.4, 0.5) is 32.0 Å². The van der Waals surface area contributed by atoms with E-state index in [1.54, 1.807) is 0 Å². The summed E-state index contributed by atoms with van der Waals surface area (Å²) in [6.45, 7) is 0.725. The minimum absolute atomic E-state index is 0.143. The van der Waals surface area contributed by atoms with Crippen LogP contribution >= 0.6 is 0 Å². The number of rotatable bonds is 5. The molecule has 1 fully saturated rings. The van der Waals surface area contributed by atoms with E-state index in [0.717, 1.165) is 38.3 Å². The van der Waals surface area contributed by atoms with Crippen LogP contribution < -0.4 is 15.8 Å². The molecule has 1 heterocycles. The lowest BCUT2D eigenvalue weighted by atomic mass is 9.85. The van der Waals surface area contributed by atoms with Crippen molar-refractivity contribution in [2.75, 3.05) is 12.4 Å². The molecule has 0 saturated carbocycles. The van der Waals surface area contributed by atoms with Gasteiger partial charge in [0, 0.05) is 17.2 Å². The topological polar surface area (TPSA) is 90.7 Å². The second-order valence-electron chi connectivity index (χ2n) is 7.61. The molecule has 1 aliphatic rings. The number of nitrogens with one attached hydrogen (secondary N) is 1. The number of ether oxygens (including phenoxy) is 2. The molecule has 0 unspecified atom stereocenters. The van der Waals surface area contributed by atoms with Crippen LogP contribution in [0, 0.1) is 17.5 Å². The third-order valence-electron chi connectivity index (χ3n) is 5.40. The van der Waals surface area contributed by atoms with Crippen molar-refractivity contribution in [2.45, 2.75) is 37.1 Å². The van der Waals surface area contributed by atoms with Crippen LogP contribution in [0.3, 0.4) is 0 Å². The van der Waals surface area contributed by atoms with Crippen LogP contribution in [0.25, 0.3) is 0 Å². The molecule has 3 atom stereocenters. The number of anilines is 1. The molecule has 1 aliphatic heterocycles. The molecule has 0 radical (unpaired) electrons. The lowest BCUT2D eigenvalue weighted by molar-refractivity contribution is -0.261. The lowest BCUT2D eigenvalue weighted by Crippen LogP contribution is -2.43. The Bertz CT molecular complexity index is 1110. The Balaban J connectivity index is 2.02. The largest absolute Gasteiger partial charge is 0.493 e. The molecule has 6 nitrogen and oxygen atoms in total. The van der Waals surface area contributed by atoms with Gasteiger partial charge in [0.2, 0.25) is 5.82 Å². The summed E-state index contributed by atoms with van der Waals surface area (Å²) in [5.41, 5.74) is 1.35. The van der Waals surface area contributed by atoms with Gasteiger partial charge in [0.1, 0.15) is 11.9 Å². The van der Waals surface area contributed by atoms with Gasteiger partial charge in [0.05, 0.1) is 12.7 Å². The Morgan fingerprint density at radius 3 is 2.36 bits per heavy atom. The maximum Gasteiger partial charge on any atom is 0.417 e. The van der Waals surface area contributed by atoms with E-state index in [4.69, 9.17) is 15.2 Å². The number of alkyl halides is 3. The van der Waals surface area contributed by atoms with E-state index in [2.05, 4.69) is 5.32 Å². The van der Waals surface area contributed by atoms with Crippen molar-refractivity contribution in [1.82, 2.24) is 0 Å². The SMILES string of the molecule is COc1c([C@@H]2C[C@](C)(C(F)(F)F)O[C@H]2C(=O)Nc2ccc(F)c(C(N)=O)c2)ccc(F)c1F. The van der Waals surface area contributed by atoms with Gasteiger partial charge in [-0.3, -0.25) is 9.59 Å². The second-order valence-corrected chi connectivity index (χ2v) is 7.61. The number of benzene rings is 2. The molecule has 1 saturated heterocycles. The molecule has 3 N–H and O–H groups in total. The molecule has 0 bridgehead atoms. The first kappa shape index (κ1) is 24.4. The van der Waals surface area contributed by atoms with Crippen molar-refractivity contribution < 1.29 is 45.4 Å². The fourth-order valence-electron chi connectivity index (χ4n) is 3.68. The zero-order chi connectivity index (χ0) is 24.7. The second kappa shape index (κ2) is 8.58. The molecule has 12 heteroatoms. The molecule has 178 valence electrons. The molecule has 2 aromatic carbocycles. The summed E-state index contributed by atoms with van der Waals surface area (Å²) >= 11 is 0. The number of carbonyl (C=O) groups excluding carboxylic acids is 2. The van der Waals surface area contributed by atoms with Crippen molar-refractivity contribution in [3.05, 3.63) is 58.9 Å². The number of nitrogens with two attached hydrogens (primary N) is 1. The van der Waals surface area contributed by atoms with Gasteiger partial charge in [-0.1, -0.05) is 6.07 Å². The zero-order valence-corrected chi connectivity index (χ0v) is 17.2. The number of methoxy groups -OCH3 is 1. The van der Waals surface area contributed by atoms with Gasteiger partial charge in [-0.25, -0.2) is 8.78 Å².